The first-order chi connectivity index (χ1) is 11.7. The average Bonchev–Trinajstić information content (AvgIpc) is 2.63. The van der Waals surface area contributed by atoms with Crippen molar-refractivity contribution in [2.75, 3.05) is 19.0 Å². The number of pyridine rings is 1. The minimum Gasteiger partial charge on any atom is -0.497 e. The average molecular weight is 326 g/mol. The summed E-state index contributed by atoms with van der Waals surface area (Å²) < 4.78 is 10.7. The van der Waals surface area contributed by atoms with Crippen LogP contribution in [0, 0.1) is 0 Å². The number of fused-ring (bicyclic) bond motifs is 1. The number of ether oxygens (including phenoxy) is 2. The molecule has 24 heavy (non-hydrogen) atoms. The van der Waals surface area contributed by atoms with Crippen LogP contribution in [-0.4, -0.2) is 18.7 Å². The van der Waals surface area contributed by atoms with E-state index in [-0.39, 0.29) is 11.4 Å². The summed E-state index contributed by atoms with van der Waals surface area (Å²) in [6, 6.07) is 7.31. The van der Waals surface area contributed by atoms with E-state index in [2.05, 4.69) is 10.3 Å². The number of anilines is 2. The number of rotatable bonds is 7. The Morgan fingerprint density at radius 2 is 2.04 bits per heavy atom. The van der Waals surface area contributed by atoms with Crippen molar-refractivity contribution in [1.29, 1.82) is 0 Å². The van der Waals surface area contributed by atoms with Crippen molar-refractivity contribution < 1.29 is 9.47 Å². The summed E-state index contributed by atoms with van der Waals surface area (Å²) in [6.07, 6.45) is 3.44. The van der Waals surface area contributed by atoms with E-state index < -0.39 is 10.9 Å². The van der Waals surface area contributed by atoms with Gasteiger partial charge in [0.15, 0.2) is 5.75 Å². The van der Waals surface area contributed by atoms with E-state index >= 15 is 0 Å². The van der Waals surface area contributed by atoms with Crippen molar-refractivity contribution >= 4 is 22.3 Å². The van der Waals surface area contributed by atoms with Gasteiger partial charge in [0.05, 0.1) is 24.9 Å². The summed E-state index contributed by atoms with van der Waals surface area (Å²) >= 11 is 0. The molecule has 0 amide bonds. The van der Waals surface area contributed by atoms with Gasteiger partial charge in [-0.15, -0.1) is 0 Å². The van der Waals surface area contributed by atoms with E-state index in [4.69, 9.17) is 9.47 Å². The highest BCUT2D eigenvalue weighted by Crippen LogP contribution is 2.31. The Morgan fingerprint density at radius 3 is 2.79 bits per heavy atom. The molecule has 0 bridgehead atoms. The van der Waals surface area contributed by atoms with E-state index in [1.165, 1.54) is 0 Å². The van der Waals surface area contributed by atoms with Crippen molar-refractivity contribution in [3.8, 4) is 11.5 Å². The molecular weight excluding hydrogens is 308 g/mol. The molecule has 3 rings (SSSR count). The number of methoxy groups -OCH3 is 1. The molecule has 6 nitrogen and oxygen atoms in total. The molecule has 0 unspecified atom stereocenters. The van der Waals surface area contributed by atoms with E-state index in [0.29, 0.717) is 23.6 Å². The van der Waals surface area contributed by atoms with Crippen molar-refractivity contribution in [3.63, 3.8) is 0 Å². The highest BCUT2D eigenvalue weighted by Gasteiger charge is 2.23. The Bertz CT molecular complexity index is 942. The SMILES string of the molecule is CCCCOc1c(Nc2cc(OC)cc3cccnc23)c(=O)c1=O. The van der Waals surface area contributed by atoms with Crippen molar-refractivity contribution in [3.05, 3.63) is 50.9 Å². The van der Waals surface area contributed by atoms with Crippen LogP contribution >= 0.6 is 0 Å². The zero-order valence-electron chi connectivity index (χ0n) is 13.6. The number of nitrogens with zero attached hydrogens (tertiary/aromatic N) is 1. The summed E-state index contributed by atoms with van der Waals surface area (Å²) in [5, 5.41) is 3.86. The lowest BCUT2D eigenvalue weighted by atomic mass is 10.1. The van der Waals surface area contributed by atoms with Gasteiger partial charge in [-0.05, 0) is 18.6 Å². The third-order valence-electron chi connectivity index (χ3n) is 3.78. The fourth-order valence-electron chi connectivity index (χ4n) is 2.45. The topological polar surface area (TPSA) is 77.5 Å². The predicted octanol–water partition coefficient (Wildman–Crippen LogP) is 2.76. The summed E-state index contributed by atoms with van der Waals surface area (Å²) in [6.45, 7) is 2.44. The lowest BCUT2D eigenvalue weighted by Crippen LogP contribution is -2.35. The lowest BCUT2D eigenvalue weighted by molar-refractivity contribution is 0.305. The molecule has 0 aliphatic heterocycles. The lowest BCUT2D eigenvalue weighted by Gasteiger charge is -2.15. The van der Waals surface area contributed by atoms with Crippen LogP contribution < -0.4 is 25.6 Å². The van der Waals surface area contributed by atoms with Crippen LogP contribution in [-0.2, 0) is 0 Å². The maximum Gasteiger partial charge on any atom is 0.272 e. The number of benzene rings is 1. The van der Waals surface area contributed by atoms with Crippen LogP contribution in [0.15, 0.2) is 40.1 Å². The molecule has 0 aliphatic carbocycles. The van der Waals surface area contributed by atoms with E-state index in [0.717, 1.165) is 18.2 Å². The molecular formula is C18H18N2O4. The van der Waals surface area contributed by atoms with Crippen LogP contribution in [0.25, 0.3) is 10.9 Å². The first-order valence-corrected chi connectivity index (χ1v) is 7.81. The Labute approximate surface area is 138 Å². The molecule has 0 radical (unpaired) electrons. The minimum atomic E-state index is -0.589. The molecule has 0 saturated heterocycles. The fraction of sp³-hybridized carbons (Fsp3) is 0.278. The van der Waals surface area contributed by atoms with Crippen LogP contribution in [0.5, 0.6) is 11.5 Å². The van der Waals surface area contributed by atoms with Gasteiger partial charge in [-0.25, -0.2) is 0 Å². The molecule has 1 aromatic heterocycles. The van der Waals surface area contributed by atoms with Gasteiger partial charge >= 0.3 is 0 Å². The summed E-state index contributed by atoms with van der Waals surface area (Å²) in [4.78, 5) is 28.0. The van der Waals surface area contributed by atoms with Gasteiger partial charge < -0.3 is 14.8 Å². The number of hydrogen-bond acceptors (Lipinski definition) is 6. The third kappa shape index (κ3) is 2.82. The number of unbranched alkanes of at least 4 members (excludes halogenated alkanes) is 1. The van der Waals surface area contributed by atoms with E-state index in [9.17, 15) is 9.59 Å². The van der Waals surface area contributed by atoms with Gasteiger partial charge in [-0.2, -0.15) is 0 Å². The molecule has 0 spiro atoms. The van der Waals surface area contributed by atoms with Gasteiger partial charge in [-0.1, -0.05) is 19.4 Å². The maximum atomic E-state index is 11.9. The largest absolute Gasteiger partial charge is 0.497 e. The quantitative estimate of drug-likeness (QED) is 0.531. The monoisotopic (exact) mass is 326 g/mol. The molecule has 0 atom stereocenters. The van der Waals surface area contributed by atoms with Crippen LogP contribution in [0.2, 0.25) is 0 Å². The molecule has 3 aromatic rings. The Hall–Kier alpha value is -2.89. The van der Waals surface area contributed by atoms with Crippen molar-refractivity contribution in [1.82, 2.24) is 4.98 Å². The van der Waals surface area contributed by atoms with Crippen LogP contribution in [0.1, 0.15) is 19.8 Å². The number of nitrogens with one attached hydrogen (secondary N) is 1. The molecule has 6 heteroatoms. The second-order valence-corrected chi connectivity index (χ2v) is 5.44. The number of aromatic nitrogens is 1. The van der Waals surface area contributed by atoms with Crippen LogP contribution in [0.3, 0.4) is 0 Å². The predicted molar refractivity (Wildman–Crippen MR) is 93.3 cm³/mol. The second kappa shape index (κ2) is 6.70. The van der Waals surface area contributed by atoms with Gasteiger partial charge in [-0.3, -0.25) is 14.6 Å². The standard InChI is InChI=1S/C18H18N2O4/c1-3-4-8-24-18-15(16(21)17(18)22)20-13-10-12(23-2)9-11-6-5-7-19-14(11)13/h5-7,9-10,20H,3-4,8H2,1-2H3. The highest BCUT2D eigenvalue weighted by atomic mass is 16.5. The Balaban J connectivity index is 1.97. The smallest absolute Gasteiger partial charge is 0.272 e. The van der Waals surface area contributed by atoms with Crippen molar-refractivity contribution in [2.24, 2.45) is 0 Å². The molecule has 1 N–H and O–H groups in total. The second-order valence-electron chi connectivity index (χ2n) is 5.44. The van der Waals surface area contributed by atoms with E-state index in [1.807, 2.05) is 25.1 Å². The molecule has 124 valence electrons. The van der Waals surface area contributed by atoms with Crippen molar-refractivity contribution in [2.45, 2.75) is 19.8 Å². The van der Waals surface area contributed by atoms with Gasteiger partial charge in [0.1, 0.15) is 11.4 Å². The Morgan fingerprint density at radius 1 is 1.21 bits per heavy atom. The minimum absolute atomic E-state index is 0.0975. The number of hydrogen-bond donors (Lipinski definition) is 1. The highest BCUT2D eigenvalue weighted by molar-refractivity contribution is 5.94. The molecule has 0 saturated carbocycles. The van der Waals surface area contributed by atoms with Gasteiger partial charge in [0, 0.05) is 17.6 Å². The summed E-state index contributed by atoms with van der Waals surface area (Å²) in [7, 11) is 1.57. The molecule has 1 heterocycles. The van der Waals surface area contributed by atoms with Gasteiger partial charge in [0.25, 0.3) is 10.9 Å². The molecule has 0 fully saturated rings. The maximum absolute atomic E-state index is 11.9. The molecule has 2 aromatic carbocycles. The Kier molecular flexibility index (Phi) is 4.46. The first-order valence-electron chi connectivity index (χ1n) is 7.81. The van der Waals surface area contributed by atoms with Crippen LogP contribution in [0.4, 0.5) is 11.4 Å². The van der Waals surface area contributed by atoms with Gasteiger partial charge in [0.2, 0.25) is 0 Å². The molecule has 0 aliphatic rings. The normalized spacial score (nSPS) is 10.9. The van der Waals surface area contributed by atoms with E-state index in [1.54, 1.807) is 19.4 Å². The third-order valence-corrected chi connectivity index (χ3v) is 3.78. The zero-order chi connectivity index (χ0) is 17.1. The first kappa shape index (κ1) is 16.0. The zero-order valence-corrected chi connectivity index (χ0v) is 13.6. The fourth-order valence-corrected chi connectivity index (χ4v) is 2.45. The summed E-state index contributed by atoms with van der Waals surface area (Å²) in [5.74, 6) is 0.727. The summed E-state index contributed by atoms with van der Waals surface area (Å²) in [5.41, 5.74) is 0.293.